The van der Waals surface area contributed by atoms with E-state index in [9.17, 15) is 4.79 Å². The first-order valence-electron chi connectivity index (χ1n) is 6.09. The van der Waals surface area contributed by atoms with Crippen LogP contribution < -0.4 is 10.2 Å². The number of hydrogen-bond acceptors (Lipinski definition) is 3. The van der Waals surface area contributed by atoms with Crippen molar-refractivity contribution in [3.63, 3.8) is 0 Å². The smallest absolute Gasteiger partial charge is 0.414 e. The third-order valence-corrected chi connectivity index (χ3v) is 3.18. The molecule has 1 N–H and O–H groups in total. The van der Waals surface area contributed by atoms with Gasteiger partial charge in [-0.1, -0.05) is 12.1 Å². The fraction of sp³-hybridized carbons (Fsp3) is 0.462. The Morgan fingerprint density at radius 2 is 2.06 bits per heavy atom. The average molecular weight is 232 g/mol. The van der Waals surface area contributed by atoms with Gasteiger partial charge in [0.05, 0.1) is 6.54 Å². The number of benzene rings is 1. The lowest BCUT2D eigenvalue weighted by molar-refractivity contribution is 0.181. The number of nitrogens with zero attached hydrogens (tertiary/aromatic N) is 1. The molecular weight excluding hydrogens is 216 g/mol. The van der Waals surface area contributed by atoms with E-state index < -0.39 is 0 Å². The number of cyclic esters (lactones) is 1. The van der Waals surface area contributed by atoms with Crippen LogP contribution in [0.4, 0.5) is 10.5 Å². The van der Waals surface area contributed by atoms with Crippen molar-refractivity contribution in [2.45, 2.75) is 25.4 Å². The van der Waals surface area contributed by atoms with Gasteiger partial charge in [0.2, 0.25) is 0 Å². The van der Waals surface area contributed by atoms with Crippen LogP contribution in [0.15, 0.2) is 24.3 Å². The van der Waals surface area contributed by atoms with Gasteiger partial charge in [-0.3, -0.25) is 4.90 Å². The van der Waals surface area contributed by atoms with E-state index in [1.807, 2.05) is 12.1 Å². The number of amides is 1. The number of hydrogen-bond donors (Lipinski definition) is 1. The topological polar surface area (TPSA) is 41.6 Å². The molecule has 1 aliphatic carbocycles. The first kappa shape index (κ1) is 10.6. The average Bonchev–Trinajstić information content (AvgIpc) is 3.09. The van der Waals surface area contributed by atoms with Crippen molar-refractivity contribution in [3.05, 3.63) is 29.8 Å². The summed E-state index contributed by atoms with van der Waals surface area (Å²) < 4.78 is 4.91. The Hall–Kier alpha value is -1.55. The van der Waals surface area contributed by atoms with Gasteiger partial charge in [0.15, 0.2) is 0 Å². The Kier molecular flexibility index (Phi) is 2.73. The highest BCUT2D eigenvalue weighted by atomic mass is 16.6. The fourth-order valence-corrected chi connectivity index (χ4v) is 1.97. The third kappa shape index (κ3) is 2.42. The van der Waals surface area contributed by atoms with Crippen molar-refractivity contribution in [2.24, 2.45) is 0 Å². The van der Waals surface area contributed by atoms with Crippen LogP contribution in [-0.2, 0) is 11.3 Å². The van der Waals surface area contributed by atoms with Crippen LogP contribution in [0.5, 0.6) is 0 Å². The number of carbonyl (C=O) groups is 1. The maximum absolute atomic E-state index is 11.4. The maximum atomic E-state index is 11.4. The monoisotopic (exact) mass is 232 g/mol. The van der Waals surface area contributed by atoms with Gasteiger partial charge >= 0.3 is 6.09 Å². The van der Waals surface area contributed by atoms with Gasteiger partial charge in [0, 0.05) is 18.3 Å². The van der Waals surface area contributed by atoms with Crippen molar-refractivity contribution in [3.8, 4) is 0 Å². The minimum absolute atomic E-state index is 0.242. The normalized spacial score (nSPS) is 19.5. The zero-order valence-electron chi connectivity index (χ0n) is 9.69. The van der Waals surface area contributed by atoms with Gasteiger partial charge in [0.25, 0.3) is 0 Å². The Balaban J connectivity index is 1.64. The molecule has 0 bridgehead atoms. The molecule has 4 heteroatoms. The molecule has 0 unspecified atom stereocenters. The van der Waals surface area contributed by atoms with E-state index >= 15 is 0 Å². The highest BCUT2D eigenvalue weighted by Gasteiger charge is 2.23. The van der Waals surface area contributed by atoms with E-state index in [1.54, 1.807) is 4.90 Å². The van der Waals surface area contributed by atoms with E-state index in [0.717, 1.165) is 18.3 Å². The Bertz CT molecular complexity index is 412. The summed E-state index contributed by atoms with van der Waals surface area (Å²) in [5.41, 5.74) is 2.18. The zero-order valence-corrected chi connectivity index (χ0v) is 9.69. The molecular formula is C13H16N2O2. The number of anilines is 1. The third-order valence-electron chi connectivity index (χ3n) is 3.18. The summed E-state index contributed by atoms with van der Waals surface area (Å²) in [6.07, 6.45) is 2.36. The first-order chi connectivity index (χ1) is 8.33. The molecule has 2 fully saturated rings. The molecule has 1 amide bonds. The number of rotatable bonds is 4. The van der Waals surface area contributed by atoms with Gasteiger partial charge in [-0.2, -0.15) is 0 Å². The van der Waals surface area contributed by atoms with E-state index in [2.05, 4.69) is 17.4 Å². The van der Waals surface area contributed by atoms with Crippen molar-refractivity contribution in [1.82, 2.24) is 5.32 Å². The molecule has 1 aliphatic heterocycles. The molecule has 1 heterocycles. The number of carbonyl (C=O) groups excluding carboxylic acids is 1. The second-order valence-corrected chi connectivity index (χ2v) is 4.59. The van der Waals surface area contributed by atoms with Crippen LogP contribution >= 0.6 is 0 Å². The van der Waals surface area contributed by atoms with Crippen LogP contribution in [0, 0.1) is 0 Å². The lowest BCUT2D eigenvalue weighted by atomic mass is 10.2. The Morgan fingerprint density at radius 3 is 2.65 bits per heavy atom. The zero-order chi connectivity index (χ0) is 11.7. The fourth-order valence-electron chi connectivity index (χ4n) is 1.97. The predicted octanol–water partition coefficient (Wildman–Crippen LogP) is 1.90. The van der Waals surface area contributed by atoms with E-state index in [4.69, 9.17) is 4.74 Å². The summed E-state index contributed by atoms with van der Waals surface area (Å²) in [6, 6.07) is 8.82. The van der Waals surface area contributed by atoms with Crippen molar-refractivity contribution >= 4 is 11.8 Å². The summed E-state index contributed by atoms with van der Waals surface area (Å²) in [7, 11) is 0. The van der Waals surface area contributed by atoms with Crippen LogP contribution in [0.25, 0.3) is 0 Å². The van der Waals surface area contributed by atoms with Crippen molar-refractivity contribution < 1.29 is 9.53 Å². The van der Waals surface area contributed by atoms with Crippen LogP contribution in [0.3, 0.4) is 0 Å². The quantitative estimate of drug-likeness (QED) is 0.862. The molecule has 90 valence electrons. The molecule has 1 saturated carbocycles. The Morgan fingerprint density at radius 1 is 1.29 bits per heavy atom. The standard InChI is InChI=1S/C13H16N2O2/c16-13-15(7-8-17-13)12-5-1-10(2-6-12)9-14-11-3-4-11/h1-2,5-6,11,14H,3-4,7-9H2. The molecule has 2 aliphatic rings. The predicted molar refractivity (Wildman–Crippen MR) is 65.0 cm³/mol. The second-order valence-electron chi connectivity index (χ2n) is 4.59. The van der Waals surface area contributed by atoms with Crippen LogP contribution in [0.2, 0.25) is 0 Å². The van der Waals surface area contributed by atoms with Crippen molar-refractivity contribution in [2.75, 3.05) is 18.1 Å². The van der Waals surface area contributed by atoms with Crippen LogP contribution in [0.1, 0.15) is 18.4 Å². The second kappa shape index (κ2) is 4.37. The first-order valence-corrected chi connectivity index (χ1v) is 6.09. The molecule has 0 aromatic heterocycles. The molecule has 0 spiro atoms. The van der Waals surface area contributed by atoms with Gasteiger partial charge in [-0.15, -0.1) is 0 Å². The van der Waals surface area contributed by atoms with Gasteiger partial charge in [0.1, 0.15) is 6.61 Å². The molecule has 1 aromatic rings. The van der Waals surface area contributed by atoms with Gasteiger partial charge < -0.3 is 10.1 Å². The molecule has 1 saturated heterocycles. The highest BCUT2D eigenvalue weighted by Crippen LogP contribution is 2.21. The van der Waals surface area contributed by atoms with E-state index in [0.29, 0.717) is 13.2 Å². The summed E-state index contributed by atoms with van der Waals surface area (Å²) in [6.45, 7) is 2.05. The van der Waals surface area contributed by atoms with Gasteiger partial charge in [-0.25, -0.2) is 4.79 Å². The van der Waals surface area contributed by atoms with E-state index in [1.165, 1.54) is 18.4 Å². The maximum Gasteiger partial charge on any atom is 0.414 e. The summed E-state index contributed by atoms with van der Waals surface area (Å²) in [4.78, 5) is 13.0. The van der Waals surface area contributed by atoms with Crippen molar-refractivity contribution in [1.29, 1.82) is 0 Å². The molecule has 17 heavy (non-hydrogen) atoms. The summed E-state index contributed by atoms with van der Waals surface area (Å²) in [5, 5.41) is 3.47. The summed E-state index contributed by atoms with van der Waals surface area (Å²) >= 11 is 0. The minimum atomic E-state index is -0.242. The molecule has 0 radical (unpaired) electrons. The Labute approximate surface area is 101 Å². The molecule has 4 nitrogen and oxygen atoms in total. The van der Waals surface area contributed by atoms with E-state index in [-0.39, 0.29) is 6.09 Å². The largest absolute Gasteiger partial charge is 0.447 e. The number of nitrogens with one attached hydrogen (secondary N) is 1. The SMILES string of the molecule is O=C1OCCN1c1ccc(CNC2CC2)cc1. The summed E-state index contributed by atoms with van der Waals surface area (Å²) in [5.74, 6) is 0. The van der Waals surface area contributed by atoms with Gasteiger partial charge in [-0.05, 0) is 30.5 Å². The number of ether oxygens (including phenoxy) is 1. The minimum Gasteiger partial charge on any atom is -0.447 e. The lowest BCUT2D eigenvalue weighted by Crippen LogP contribution is -2.23. The molecule has 3 rings (SSSR count). The molecule has 1 aromatic carbocycles. The van der Waals surface area contributed by atoms with Crippen LogP contribution in [-0.4, -0.2) is 25.3 Å². The highest BCUT2D eigenvalue weighted by molar-refractivity contribution is 5.89. The molecule has 0 atom stereocenters. The lowest BCUT2D eigenvalue weighted by Gasteiger charge is -2.13.